The molecule has 134 valence electrons. The van der Waals surface area contributed by atoms with Gasteiger partial charge in [0, 0.05) is 30.8 Å². The number of rotatable bonds is 6. The number of nitrogens with zero attached hydrogens (tertiary/aromatic N) is 3. The predicted molar refractivity (Wildman–Crippen MR) is 94.7 cm³/mol. The van der Waals surface area contributed by atoms with Crippen LogP contribution in [-0.4, -0.2) is 48.5 Å². The van der Waals surface area contributed by atoms with E-state index in [4.69, 9.17) is 14.6 Å². The molecule has 6 heteroatoms. The van der Waals surface area contributed by atoms with Gasteiger partial charge in [-0.3, -0.25) is 9.48 Å². The summed E-state index contributed by atoms with van der Waals surface area (Å²) in [6.07, 6.45) is 2.68. The van der Waals surface area contributed by atoms with Crippen molar-refractivity contribution in [1.29, 1.82) is 0 Å². The molecule has 1 aromatic heterocycles. The Morgan fingerprint density at radius 1 is 1.20 bits per heavy atom. The van der Waals surface area contributed by atoms with Crippen molar-refractivity contribution in [3.05, 3.63) is 46.8 Å². The van der Waals surface area contributed by atoms with Gasteiger partial charge in [-0.2, -0.15) is 5.10 Å². The molecule has 6 nitrogen and oxygen atoms in total. The monoisotopic (exact) mass is 343 g/mol. The van der Waals surface area contributed by atoms with Gasteiger partial charge in [0.15, 0.2) is 0 Å². The number of aryl methyl sites for hydroxylation is 2. The third-order valence-electron chi connectivity index (χ3n) is 4.72. The highest BCUT2D eigenvalue weighted by Gasteiger charge is 2.24. The van der Waals surface area contributed by atoms with Crippen LogP contribution in [0, 0.1) is 0 Å². The maximum Gasteiger partial charge on any atom is 0.327 e. The number of carbonyl (C=O) groups is 1. The molecule has 0 bridgehead atoms. The highest BCUT2D eigenvalue weighted by molar-refractivity contribution is 5.69. The zero-order valence-corrected chi connectivity index (χ0v) is 15.1. The van der Waals surface area contributed by atoms with E-state index in [1.807, 2.05) is 16.8 Å². The highest BCUT2D eigenvalue weighted by atomic mass is 16.5. The van der Waals surface area contributed by atoms with Crippen LogP contribution in [0.5, 0.6) is 5.75 Å². The molecule has 0 aliphatic carbocycles. The van der Waals surface area contributed by atoms with Crippen molar-refractivity contribution in [2.75, 3.05) is 27.8 Å². The molecule has 0 amide bonds. The standard InChI is InChI=1S/C19H25N3O3/c1-21-11-10-18-16(12-21)17(20-22(18)13-19(23)25-3)9-6-14-4-7-15(24-2)8-5-14/h4-5,7-8H,6,9-13H2,1-3H3. The quantitative estimate of drug-likeness (QED) is 0.749. The first-order valence-corrected chi connectivity index (χ1v) is 8.56. The Morgan fingerprint density at radius 3 is 2.64 bits per heavy atom. The normalized spacial score (nSPS) is 14.2. The molecule has 0 fully saturated rings. The van der Waals surface area contributed by atoms with Gasteiger partial charge in [-0.15, -0.1) is 0 Å². The molecule has 1 aliphatic rings. The fraction of sp³-hybridized carbons (Fsp3) is 0.474. The lowest BCUT2D eigenvalue weighted by Crippen LogP contribution is -2.28. The molecular weight excluding hydrogens is 318 g/mol. The van der Waals surface area contributed by atoms with Crippen LogP contribution in [0.3, 0.4) is 0 Å². The maximum atomic E-state index is 11.7. The molecule has 0 saturated carbocycles. The lowest BCUT2D eigenvalue weighted by atomic mass is 10.0. The molecule has 0 spiro atoms. The van der Waals surface area contributed by atoms with Gasteiger partial charge in [-0.1, -0.05) is 12.1 Å². The smallest absolute Gasteiger partial charge is 0.327 e. The van der Waals surface area contributed by atoms with E-state index < -0.39 is 0 Å². The van der Waals surface area contributed by atoms with Crippen LogP contribution in [0.1, 0.15) is 22.5 Å². The number of aromatic nitrogens is 2. The van der Waals surface area contributed by atoms with E-state index in [2.05, 4.69) is 24.1 Å². The maximum absolute atomic E-state index is 11.7. The second kappa shape index (κ2) is 7.70. The Labute approximate surface area is 148 Å². The summed E-state index contributed by atoms with van der Waals surface area (Å²) in [6.45, 7) is 2.05. The van der Waals surface area contributed by atoms with Gasteiger partial charge in [-0.05, 0) is 37.6 Å². The van der Waals surface area contributed by atoms with Crippen LogP contribution < -0.4 is 4.74 Å². The Morgan fingerprint density at radius 2 is 1.96 bits per heavy atom. The van der Waals surface area contributed by atoms with E-state index in [9.17, 15) is 4.79 Å². The number of hydrogen-bond acceptors (Lipinski definition) is 5. The summed E-state index contributed by atoms with van der Waals surface area (Å²) in [6, 6.07) is 8.13. The van der Waals surface area contributed by atoms with Gasteiger partial charge in [0.05, 0.1) is 19.9 Å². The zero-order valence-electron chi connectivity index (χ0n) is 15.1. The average Bonchev–Trinajstić information content (AvgIpc) is 2.97. The minimum absolute atomic E-state index is 0.186. The van der Waals surface area contributed by atoms with Gasteiger partial charge < -0.3 is 14.4 Å². The molecule has 0 atom stereocenters. The fourth-order valence-corrected chi connectivity index (χ4v) is 3.27. The predicted octanol–water partition coefficient (Wildman–Crippen LogP) is 1.84. The summed E-state index contributed by atoms with van der Waals surface area (Å²) >= 11 is 0. The van der Waals surface area contributed by atoms with Crippen LogP contribution in [0.15, 0.2) is 24.3 Å². The number of benzene rings is 1. The van der Waals surface area contributed by atoms with Crippen LogP contribution in [-0.2, 0) is 41.9 Å². The van der Waals surface area contributed by atoms with Crippen LogP contribution in [0.4, 0.5) is 0 Å². The number of methoxy groups -OCH3 is 2. The van der Waals surface area contributed by atoms with Crippen molar-refractivity contribution in [3.63, 3.8) is 0 Å². The van der Waals surface area contributed by atoms with Crippen molar-refractivity contribution in [3.8, 4) is 5.75 Å². The second-order valence-electron chi connectivity index (χ2n) is 6.44. The summed E-state index contributed by atoms with van der Waals surface area (Å²) in [4.78, 5) is 14.0. The molecule has 1 aromatic carbocycles. The molecule has 2 heterocycles. The number of likely N-dealkylation sites (N-methyl/N-ethyl adjacent to an activating group) is 1. The van der Waals surface area contributed by atoms with E-state index in [0.717, 1.165) is 43.8 Å². The van der Waals surface area contributed by atoms with Gasteiger partial charge in [0.2, 0.25) is 0 Å². The molecule has 2 aromatic rings. The topological polar surface area (TPSA) is 56.6 Å². The summed E-state index contributed by atoms with van der Waals surface area (Å²) in [5.74, 6) is 0.607. The van der Waals surface area contributed by atoms with E-state index in [1.165, 1.54) is 23.9 Å². The van der Waals surface area contributed by atoms with Crippen LogP contribution in [0.25, 0.3) is 0 Å². The molecule has 0 unspecified atom stereocenters. The van der Waals surface area contributed by atoms with Gasteiger partial charge in [-0.25, -0.2) is 0 Å². The van der Waals surface area contributed by atoms with Gasteiger partial charge >= 0.3 is 5.97 Å². The molecule has 3 rings (SSSR count). The minimum atomic E-state index is -0.258. The summed E-state index contributed by atoms with van der Waals surface area (Å²) in [7, 11) is 5.20. The van der Waals surface area contributed by atoms with Gasteiger partial charge in [0.1, 0.15) is 12.3 Å². The third-order valence-corrected chi connectivity index (χ3v) is 4.72. The van der Waals surface area contributed by atoms with E-state index >= 15 is 0 Å². The van der Waals surface area contributed by atoms with Crippen molar-refractivity contribution < 1.29 is 14.3 Å². The van der Waals surface area contributed by atoms with Crippen molar-refractivity contribution in [2.24, 2.45) is 0 Å². The molecule has 1 aliphatic heterocycles. The molecular formula is C19H25N3O3. The average molecular weight is 343 g/mol. The molecule has 25 heavy (non-hydrogen) atoms. The summed E-state index contributed by atoms with van der Waals surface area (Å²) < 4.78 is 11.8. The largest absolute Gasteiger partial charge is 0.497 e. The number of ether oxygens (including phenoxy) is 2. The molecule has 0 radical (unpaired) electrons. The van der Waals surface area contributed by atoms with E-state index in [-0.39, 0.29) is 12.5 Å². The number of esters is 1. The fourth-order valence-electron chi connectivity index (χ4n) is 3.27. The number of fused-ring (bicyclic) bond motifs is 1. The molecule has 0 N–H and O–H groups in total. The van der Waals surface area contributed by atoms with Crippen LogP contribution >= 0.6 is 0 Å². The Bertz CT molecular complexity index is 737. The first-order chi connectivity index (χ1) is 12.1. The minimum Gasteiger partial charge on any atom is -0.497 e. The Kier molecular flexibility index (Phi) is 5.38. The van der Waals surface area contributed by atoms with Crippen molar-refractivity contribution in [2.45, 2.75) is 32.4 Å². The van der Waals surface area contributed by atoms with Crippen LogP contribution in [0.2, 0.25) is 0 Å². The summed E-state index contributed by atoms with van der Waals surface area (Å²) in [5, 5.41) is 4.73. The third kappa shape index (κ3) is 4.02. The van der Waals surface area contributed by atoms with E-state index in [1.54, 1.807) is 7.11 Å². The first kappa shape index (κ1) is 17.5. The van der Waals surface area contributed by atoms with E-state index in [0.29, 0.717) is 0 Å². The molecule has 0 saturated heterocycles. The first-order valence-electron chi connectivity index (χ1n) is 8.56. The van der Waals surface area contributed by atoms with Crippen molar-refractivity contribution >= 4 is 5.97 Å². The second-order valence-corrected chi connectivity index (χ2v) is 6.44. The zero-order chi connectivity index (χ0) is 17.8. The Balaban J connectivity index is 1.78. The Hall–Kier alpha value is -2.34. The lowest BCUT2D eigenvalue weighted by Gasteiger charge is -2.23. The summed E-state index contributed by atoms with van der Waals surface area (Å²) in [5.41, 5.74) is 4.78. The van der Waals surface area contributed by atoms with Gasteiger partial charge in [0.25, 0.3) is 0 Å². The number of hydrogen-bond donors (Lipinski definition) is 0. The van der Waals surface area contributed by atoms with Crippen molar-refractivity contribution in [1.82, 2.24) is 14.7 Å². The highest BCUT2D eigenvalue weighted by Crippen LogP contribution is 2.23. The number of carbonyl (C=O) groups excluding carboxylic acids is 1. The lowest BCUT2D eigenvalue weighted by molar-refractivity contribution is -0.141. The SMILES string of the molecule is COC(=O)Cn1nc(CCc2ccc(OC)cc2)c2c1CCN(C)C2.